The Kier molecular flexibility index (Phi) is 17.9. The van der Waals surface area contributed by atoms with E-state index < -0.39 is 0 Å². The van der Waals surface area contributed by atoms with Crippen LogP contribution in [0.15, 0.2) is 109 Å². The van der Waals surface area contributed by atoms with Gasteiger partial charge < -0.3 is 28.4 Å². The lowest BCUT2D eigenvalue weighted by atomic mass is 9.91. The molecule has 0 unspecified atom stereocenters. The minimum atomic E-state index is 0.631. The molecule has 0 heterocycles. The molecule has 0 N–H and O–H groups in total. The number of benzene rings is 6. The Bertz CT molecular complexity index is 1920. The molecule has 6 nitrogen and oxygen atoms in total. The smallest absolute Gasteiger partial charge is 0.126 e. The molecule has 348 valence electrons. The summed E-state index contributed by atoms with van der Waals surface area (Å²) in [6, 6.07) is 39.7. The minimum absolute atomic E-state index is 0.631. The highest BCUT2D eigenvalue weighted by Crippen LogP contribution is 2.40. The van der Waals surface area contributed by atoms with Crippen LogP contribution in [0.4, 0.5) is 0 Å². The first-order valence-corrected chi connectivity index (χ1v) is 24.9. The lowest BCUT2D eigenvalue weighted by Crippen LogP contribution is -2.10. The summed E-state index contributed by atoms with van der Waals surface area (Å²) in [7, 11) is 0. The predicted octanol–water partition coefficient (Wildman–Crippen LogP) is 14.3. The molecule has 0 atom stereocenters. The molecule has 7 rings (SSSR count). The molecule has 66 heavy (non-hydrogen) atoms. The number of ether oxygens (including phenoxy) is 6. The number of hydrogen-bond acceptors (Lipinski definition) is 6. The Morgan fingerprint density at radius 3 is 0.455 bits per heavy atom. The van der Waals surface area contributed by atoms with Crippen LogP contribution < -0.4 is 28.4 Å². The van der Waals surface area contributed by atoms with E-state index in [-0.39, 0.29) is 0 Å². The van der Waals surface area contributed by atoms with Gasteiger partial charge in [-0.25, -0.2) is 0 Å². The predicted molar refractivity (Wildman–Crippen MR) is 270 cm³/mol. The highest BCUT2D eigenvalue weighted by Gasteiger charge is 2.23. The lowest BCUT2D eigenvalue weighted by molar-refractivity contribution is 0.305. The second-order valence-corrected chi connectivity index (χ2v) is 17.6. The van der Waals surface area contributed by atoms with Gasteiger partial charge in [-0.15, -0.1) is 0 Å². The second-order valence-electron chi connectivity index (χ2n) is 17.6. The zero-order valence-electron chi connectivity index (χ0n) is 40.6. The van der Waals surface area contributed by atoms with Crippen molar-refractivity contribution in [3.05, 3.63) is 176 Å². The monoisotopic (exact) mass is 889 g/mol. The van der Waals surface area contributed by atoms with Crippen LogP contribution in [0.2, 0.25) is 0 Å². The summed E-state index contributed by atoms with van der Waals surface area (Å²) in [5.41, 5.74) is 13.8. The highest BCUT2D eigenvalue weighted by atomic mass is 16.5. The summed E-state index contributed by atoms with van der Waals surface area (Å²) < 4.78 is 40.5. The van der Waals surface area contributed by atoms with E-state index >= 15 is 0 Å². The van der Waals surface area contributed by atoms with E-state index in [1.807, 2.05) is 0 Å². The third-order valence-electron chi connectivity index (χ3n) is 12.1. The molecular weight excluding hydrogens is 817 g/mol. The van der Waals surface area contributed by atoms with Crippen LogP contribution in [0.5, 0.6) is 34.5 Å². The largest absolute Gasteiger partial charge is 0.493 e. The molecule has 12 bridgehead atoms. The van der Waals surface area contributed by atoms with E-state index in [1.165, 1.54) is 0 Å². The van der Waals surface area contributed by atoms with Gasteiger partial charge in [0.1, 0.15) is 34.5 Å². The Hall–Kier alpha value is -5.88. The van der Waals surface area contributed by atoms with Crippen LogP contribution in [-0.4, -0.2) is 39.6 Å². The van der Waals surface area contributed by atoms with Gasteiger partial charge in [-0.2, -0.15) is 0 Å². The first-order chi connectivity index (χ1) is 32.5. The standard InChI is InChI=1S/C60H72O6/c1-7-31-61-55-43-19-13-20-44(55)38-46-22-15-24-48(57(46)63-33-9-3)40-50-26-17-28-52(59(50)65-35-11-5)42-54-30-18-29-53(60(54)66-36-12-6)41-51-27-16-25-49(58(51)64-34-10-4)39-47-23-14-21-45(37-43)56(47)62-32-8-2/h13-30H,7-12,31-42H2,1-6H3. The molecule has 6 aromatic carbocycles. The van der Waals surface area contributed by atoms with E-state index in [0.29, 0.717) is 78.2 Å². The van der Waals surface area contributed by atoms with E-state index in [0.717, 1.165) is 140 Å². The van der Waals surface area contributed by atoms with E-state index in [2.05, 4.69) is 151 Å². The van der Waals surface area contributed by atoms with Gasteiger partial charge >= 0.3 is 0 Å². The van der Waals surface area contributed by atoms with E-state index in [4.69, 9.17) is 28.4 Å². The Morgan fingerprint density at radius 2 is 0.348 bits per heavy atom. The average molecular weight is 889 g/mol. The fourth-order valence-electron chi connectivity index (χ4n) is 9.07. The normalized spacial score (nSPS) is 12.5. The van der Waals surface area contributed by atoms with Gasteiger partial charge in [0, 0.05) is 38.5 Å². The molecule has 0 fully saturated rings. The molecule has 0 saturated heterocycles. The van der Waals surface area contributed by atoms with Crippen LogP contribution in [-0.2, 0) is 38.5 Å². The van der Waals surface area contributed by atoms with Crippen LogP contribution >= 0.6 is 0 Å². The fourth-order valence-corrected chi connectivity index (χ4v) is 9.07. The lowest BCUT2D eigenvalue weighted by Gasteiger charge is -2.22. The molecule has 0 radical (unpaired) electrons. The first kappa shape index (κ1) is 48.1. The van der Waals surface area contributed by atoms with Crippen molar-refractivity contribution in [1.29, 1.82) is 0 Å². The van der Waals surface area contributed by atoms with Crippen molar-refractivity contribution in [2.24, 2.45) is 0 Å². The maximum absolute atomic E-state index is 6.75. The molecule has 0 spiro atoms. The summed E-state index contributed by atoms with van der Waals surface area (Å²) in [6.07, 6.45) is 9.51. The number of para-hydroxylation sites is 6. The molecule has 0 amide bonds. The van der Waals surface area contributed by atoms with Gasteiger partial charge in [-0.1, -0.05) is 151 Å². The van der Waals surface area contributed by atoms with Crippen molar-refractivity contribution < 1.29 is 28.4 Å². The van der Waals surface area contributed by atoms with Gasteiger partial charge in [0.25, 0.3) is 0 Å². The highest BCUT2D eigenvalue weighted by molar-refractivity contribution is 5.57. The first-order valence-electron chi connectivity index (χ1n) is 24.9. The minimum Gasteiger partial charge on any atom is -0.493 e. The maximum atomic E-state index is 6.75. The second kappa shape index (κ2) is 24.6. The average Bonchev–Trinajstić information content (AvgIpc) is 3.32. The SMILES string of the molecule is CCCOc1c2cccc1Cc1cccc(c1OCCC)Cc1cccc(c1OCCC)Cc1cccc(c1OCCC)Cc1cccc(c1OCCC)Cc1cccc(c1OCCC)C2. The van der Waals surface area contributed by atoms with Gasteiger partial charge in [0.2, 0.25) is 0 Å². The van der Waals surface area contributed by atoms with Crippen LogP contribution in [0.25, 0.3) is 0 Å². The summed E-state index contributed by atoms with van der Waals surface area (Å²) in [5.74, 6) is 5.69. The van der Waals surface area contributed by atoms with Gasteiger partial charge in [0.05, 0.1) is 39.6 Å². The molecule has 6 aromatic rings. The van der Waals surface area contributed by atoms with Crippen LogP contribution in [0.3, 0.4) is 0 Å². The van der Waals surface area contributed by atoms with Gasteiger partial charge in [-0.05, 0) is 105 Å². The Labute approximate surface area is 395 Å². The third kappa shape index (κ3) is 11.9. The quantitative estimate of drug-likeness (QED) is 0.0856. The summed E-state index contributed by atoms with van der Waals surface area (Å²) in [4.78, 5) is 0. The Balaban J connectivity index is 1.46. The molecule has 6 heteroatoms. The van der Waals surface area contributed by atoms with Crippen molar-refractivity contribution in [2.75, 3.05) is 39.6 Å². The van der Waals surface area contributed by atoms with Crippen molar-refractivity contribution in [3.8, 4) is 34.5 Å². The zero-order valence-corrected chi connectivity index (χ0v) is 40.6. The summed E-state index contributed by atoms with van der Waals surface area (Å²) >= 11 is 0. The van der Waals surface area contributed by atoms with E-state index in [9.17, 15) is 0 Å². The van der Waals surface area contributed by atoms with Crippen molar-refractivity contribution in [3.63, 3.8) is 0 Å². The molecular formula is C60H72O6. The summed E-state index contributed by atoms with van der Waals surface area (Å²) in [5, 5.41) is 0. The van der Waals surface area contributed by atoms with E-state index in [1.54, 1.807) is 0 Å². The molecule has 1 aliphatic rings. The number of rotatable bonds is 18. The molecule has 0 aromatic heterocycles. The van der Waals surface area contributed by atoms with Crippen LogP contribution in [0.1, 0.15) is 147 Å². The van der Waals surface area contributed by atoms with Crippen molar-refractivity contribution in [2.45, 2.75) is 119 Å². The topological polar surface area (TPSA) is 55.4 Å². The molecule has 0 saturated carbocycles. The Morgan fingerprint density at radius 1 is 0.227 bits per heavy atom. The van der Waals surface area contributed by atoms with Gasteiger partial charge in [0.15, 0.2) is 0 Å². The van der Waals surface area contributed by atoms with Crippen molar-refractivity contribution in [1.82, 2.24) is 0 Å². The molecule has 1 aliphatic carbocycles. The molecule has 0 aliphatic heterocycles. The third-order valence-corrected chi connectivity index (χ3v) is 12.1. The number of hydrogen-bond donors (Lipinski definition) is 0. The van der Waals surface area contributed by atoms with Gasteiger partial charge in [-0.3, -0.25) is 0 Å². The van der Waals surface area contributed by atoms with Crippen molar-refractivity contribution >= 4 is 0 Å². The maximum Gasteiger partial charge on any atom is 0.126 e. The number of fused-ring (bicyclic) bond motifs is 12. The fraction of sp³-hybridized carbons (Fsp3) is 0.400. The zero-order chi connectivity index (χ0) is 46.1. The summed E-state index contributed by atoms with van der Waals surface area (Å²) in [6.45, 7) is 16.8. The van der Waals surface area contributed by atoms with Crippen LogP contribution in [0, 0.1) is 0 Å².